The third kappa shape index (κ3) is 2.95. The van der Waals surface area contributed by atoms with E-state index in [-0.39, 0.29) is 23.1 Å². The van der Waals surface area contributed by atoms with Crippen LogP contribution in [0.2, 0.25) is 0 Å². The van der Waals surface area contributed by atoms with E-state index in [1.807, 2.05) is 24.5 Å². The average molecular weight is 309 g/mol. The quantitative estimate of drug-likeness (QED) is 0.921. The Bertz CT molecular complexity index is 787. The molecule has 0 saturated heterocycles. The van der Waals surface area contributed by atoms with Crippen molar-refractivity contribution in [2.75, 3.05) is 5.75 Å². The van der Waals surface area contributed by atoms with E-state index < -0.39 is 15.8 Å². The summed E-state index contributed by atoms with van der Waals surface area (Å²) >= 11 is 0. The molecular weight excluding hydrogens is 290 g/mol. The van der Waals surface area contributed by atoms with E-state index in [2.05, 4.69) is 0 Å². The first-order chi connectivity index (χ1) is 9.76. The first kappa shape index (κ1) is 15.6. The average Bonchev–Trinajstić information content (AvgIpc) is 2.75. The van der Waals surface area contributed by atoms with Gasteiger partial charge in [-0.05, 0) is 26.0 Å². The van der Waals surface area contributed by atoms with Gasteiger partial charge in [-0.2, -0.15) is 0 Å². The second kappa shape index (κ2) is 5.52. The van der Waals surface area contributed by atoms with Gasteiger partial charge >= 0.3 is 5.97 Å². The van der Waals surface area contributed by atoms with Crippen LogP contribution < -0.4 is 0 Å². The number of aromatic carboxylic acids is 1. The Morgan fingerprint density at radius 3 is 2.52 bits per heavy atom. The number of fused-ring (bicyclic) bond motifs is 1. The van der Waals surface area contributed by atoms with Crippen molar-refractivity contribution in [2.24, 2.45) is 0 Å². The number of hydrogen-bond donors (Lipinski definition) is 1. The van der Waals surface area contributed by atoms with E-state index in [1.165, 1.54) is 0 Å². The number of benzene rings is 1. The van der Waals surface area contributed by atoms with Gasteiger partial charge in [-0.15, -0.1) is 0 Å². The molecule has 0 aliphatic heterocycles. The van der Waals surface area contributed by atoms with Gasteiger partial charge in [-0.3, -0.25) is 0 Å². The van der Waals surface area contributed by atoms with Crippen LogP contribution in [0, 0.1) is 0 Å². The third-order valence-corrected chi connectivity index (χ3v) is 5.11. The lowest BCUT2D eigenvalue weighted by Crippen LogP contribution is -2.13. The van der Waals surface area contributed by atoms with Crippen molar-refractivity contribution in [3.8, 4) is 0 Å². The van der Waals surface area contributed by atoms with Crippen LogP contribution in [0.4, 0.5) is 0 Å². The molecule has 114 valence electrons. The standard InChI is InChI=1S/C15H19NO4S/c1-4-21(19,20)9-12-8-11-6-5-7-13(15(17)18)14(11)16(12)10(2)3/h5-8,10H,4,9H2,1-3H3,(H,17,18). The van der Waals surface area contributed by atoms with E-state index in [1.54, 1.807) is 25.1 Å². The van der Waals surface area contributed by atoms with Crippen molar-refractivity contribution in [2.45, 2.75) is 32.6 Å². The first-order valence-corrected chi connectivity index (χ1v) is 8.65. The van der Waals surface area contributed by atoms with Crippen LogP contribution >= 0.6 is 0 Å². The molecule has 1 aromatic carbocycles. The van der Waals surface area contributed by atoms with Gasteiger partial charge in [0.15, 0.2) is 9.84 Å². The van der Waals surface area contributed by atoms with Crippen molar-refractivity contribution in [3.63, 3.8) is 0 Å². The van der Waals surface area contributed by atoms with Gasteiger partial charge in [0.05, 0.1) is 16.8 Å². The van der Waals surface area contributed by atoms with Crippen molar-refractivity contribution in [3.05, 3.63) is 35.5 Å². The Morgan fingerprint density at radius 2 is 2.00 bits per heavy atom. The third-order valence-electron chi connectivity index (χ3n) is 3.49. The maximum absolute atomic E-state index is 11.9. The van der Waals surface area contributed by atoms with E-state index in [4.69, 9.17) is 0 Å². The smallest absolute Gasteiger partial charge is 0.337 e. The highest BCUT2D eigenvalue weighted by atomic mass is 32.2. The Labute approximate surface area is 124 Å². The summed E-state index contributed by atoms with van der Waals surface area (Å²) in [4.78, 5) is 11.4. The lowest BCUT2D eigenvalue weighted by molar-refractivity contribution is 0.0698. The van der Waals surface area contributed by atoms with Gasteiger partial charge in [0.1, 0.15) is 0 Å². The van der Waals surface area contributed by atoms with Crippen LogP contribution in [0.15, 0.2) is 24.3 Å². The second-order valence-electron chi connectivity index (χ2n) is 5.32. The molecule has 6 heteroatoms. The minimum atomic E-state index is -3.18. The van der Waals surface area contributed by atoms with E-state index in [9.17, 15) is 18.3 Å². The highest BCUT2D eigenvalue weighted by Crippen LogP contribution is 2.28. The molecular formula is C15H19NO4S. The topological polar surface area (TPSA) is 76.4 Å². The number of carboxylic acid groups (broad SMARTS) is 1. The maximum Gasteiger partial charge on any atom is 0.337 e. The van der Waals surface area contributed by atoms with Gasteiger partial charge in [-0.25, -0.2) is 13.2 Å². The molecule has 1 heterocycles. The van der Waals surface area contributed by atoms with Gasteiger partial charge in [-0.1, -0.05) is 19.1 Å². The lowest BCUT2D eigenvalue weighted by atomic mass is 10.1. The number of carbonyl (C=O) groups is 1. The van der Waals surface area contributed by atoms with Crippen LogP contribution in [0.1, 0.15) is 42.9 Å². The summed E-state index contributed by atoms with van der Waals surface area (Å²) in [6.45, 7) is 5.45. The number of rotatable bonds is 5. The maximum atomic E-state index is 11.9. The number of hydrogen-bond acceptors (Lipinski definition) is 3. The Balaban J connectivity index is 2.76. The van der Waals surface area contributed by atoms with E-state index in [0.717, 1.165) is 5.39 Å². The summed E-state index contributed by atoms with van der Waals surface area (Å²) in [6, 6.07) is 6.78. The largest absolute Gasteiger partial charge is 0.478 e. The van der Waals surface area contributed by atoms with Gasteiger partial charge in [0, 0.05) is 22.9 Å². The van der Waals surface area contributed by atoms with Crippen LogP contribution in [-0.2, 0) is 15.6 Å². The lowest BCUT2D eigenvalue weighted by Gasteiger charge is -2.15. The first-order valence-electron chi connectivity index (χ1n) is 6.83. The zero-order valence-electron chi connectivity index (χ0n) is 12.3. The highest BCUT2D eigenvalue weighted by molar-refractivity contribution is 7.90. The fourth-order valence-corrected chi connectivity index (χ4v) is 3.42. The zero-order valence-corrected chi connectivity index (χ0v) is 13.1. The molecule has 2 aromatic rings. The van der Waals surface area contributed by atoms with Crippen LogP contribution in [0.25, 0.3) is 10.9 Å². The minimum absolute atomic E-state index is 0.0231. The van der Waals surface area contributed by atoms with Gasteiger partial charge < -0.3 is 9.67 Å². The Hall–Kier alpha value is -1.82. The molecule has 0 unspecified atom stereocenters. The molecule has 0 spiro atoms. The van der Waals surface area contributed by atoms with Crippen molar-refractivity contribution in [1.29, 1.82) is 0 Å². The summed E-state index contributed by atoms with van der Waals surface area (Å²) in [5, 5.41) is 10.1. The molecule has 0 amide bonds. The van der Waals surface area contributed by atoms with Crippen LogP contribution in [0.5, 0.6) is 0 Å². The summed E-state index contributed by atoms with van der Waals surface area (Å²) in [6.07, 6.45) is 0. The fraction of sp³-hybridized carbons (Fsp3) is 0.400. The van der Waals surface area contributed by atoms with Crippen molar-refractivity contribution in [1.82, 2.24) is 4.57 Å². The molecule has 0 saturated carbocycles. The molecule has 0 fully saturated rings. The normalized spacial score (nSPS) is 12.2. The minimum Gasteiger partial charge on any atom is -0.478 e. The Morgan fingerprint density at radius 1 is 1.33 bits per heavy atom. The molecule has 0 aliphatic rings. The molecule has 0 atom stereocenters. The number of aromatic nitrogens is 1. The summed E-state index contributed by atoms with van der Waals surface area (Å²) in [5.41, 5.74) is 1.41. The SMILES string of the molecule is CCS(=O)(=O)Cc1cc2cccc(C(=O)O)c2n1C(C)C. The van der Waals surface area contributed by atoms with Gasteiger partial charge in [0.25, 0.3) is 0 Å². The van der Waals surface area contributed by atoms with Crippen molar-refractivity contribution >= 4 is 26.7 Å². The summed E-state index contributed by atoms with van der Waals surface area (Å²) < 4.78 is 25.6. The van der Waals surface area contributed by atoms with Crippen molar-refractivity contribution < 1.29 is 18.3 Å². The molecule has 21 heavy (non-hydrogen) atoms. The molecule has 0 aliphatic carbocycles. The number of para-hydroxylation sites is 1. The fourth-order valence-electron chi connectivity index (χ4n) is 2.54. The van der Waals surface area contributed by atoms with E-state index in [0.29, 0.717) is 11.2 Å². The van der Waals surface area contributed by atoms with Gasteiger partial charge in [0.2, 0.25) is 0 Å². The van der Waals surface area contributed by atoms with E-state index >= 15 is 0 Å². The molecule has 2 rings (SSSR count). The Kier molecular flexibility index (Phi) is 4.09. The monoisotopic (exact) mass is 309 g/mol. The predicted molar refractivity (Wildman–Crippen MR) is 82.4 cm³/mol. The van der Waals surface area contributed by atoms with Crippen LogP contribution in [0.3, 0.4) is 0 Å². The molecule has 0 radical (unpaired) electrons. The second-order valence-corrected chi connectivity index (χ2v) is 7.68. The predicted octanol–water partition coefficient (Wildman–Crippen LogP) is 2.86. The summed E-state index contributed by atoms with van der Waals surface area (Å²) in [5.74, 6) is -1.01. The molecule has 1 N–H and O–H groups in total. The van der Waals surface area contributed by atoms with Crippen LogP contribution in [-0.4, -0.2) is 29.8 Å². The molecule has 0 bridgehead atoms. The number of carboxylic acids is 1. The molecule has 5 nitrogen and oxygen atoms in total. The summed E-state index contributed by atoms with van der Waals surface area (Å²) in [7, 11) is -3.18. The number of nitrogens with zero attached hydrogens (tertiary/aromatic N) is 1. The highest BCUT2D eigenvalue weighted by Gasteiger charge is 2.20. The molecule has 1 aromatic heterocycles. The zero-order chi connectivity index (χ0) is 15.8. The number of sulfone groups is 1.